The maximum atomic E-state index is 13.1. The van der Waals surface area contributed by atoms with Gasteiger partial charge in [-0.3, -0.25) is 9.69 Å². The van der Waals surface area contributed by atoms with E-state index in [1.165, 1.54) is 12.8 Å². The maximum absolute atomic E-state index is 13.1. The van der Waals surface area contributed by atoms with E-state index in [1.807, 2.05) is 18.2 Å². The van der Waals surface area contributed by atoms with Crippen molar-refractivity contribution in [3.63, 3.8) is 0 Å². The first-order chi connectivity index (χ1) is 13.8. The molecule has 0 aromatic heterocycles. The predicted molar refractivity (Wildman–Crippen MR) is 112 cm³/mol. The van der Waals surface area contributed by atoms with Crippen molar-refractivity contribution in [2.45, 2.75) is 69.4 Å². The first-order valence-electron chi connectivity index (χ1n) is 11.1. The van der Waals surface area contributed by atoms with Gasteiger partial charge in [0.2, 0.25) is 0 Å². The Balaban J connectivity index is 1.79. The van der Waals surface area contributed by atoms with E-state index in [9.17, 15) is 15.0 Å². The van der Waals surface area contributed by atoms with Gasteiger partial charge >= 0.3 is 0 Å². The van der Waals surface area contributed by atoms with Crippen LogP contribution in [-0.4, -0.2) is 59.3 Å². The normalized spacial score (nSPS) is 35.4. The lowest BCUT2D eigenvalue weighted by molar-refractivity contribution is -0.175. The van der Waals surface area contributed by atoms with Crippen molar-refractivity contribution in [3.8, 4) is 5.75 Å². The molecule has 4 atom stereocenters. The van der Waals surface area contributed by atoms with Crippen molar-refractivity contribution in [2.75, 3.05) is 26.8 Å². The molecule has 1 heterocycles. The van der Waals surface area contributed by atoms with Gasteiger partial charge < -0.3 is 14.9 Å². The van der Waals surface area contributed by atoms with E-state index >= 15 is 0 Å². The SMILES string of the molecule is COc1ccc(C)c(C23CCN(CC4CC4)C(C)C2(O)CC(CCO)C(=O)C3)c1. The molecule has 1 aromatic rings. The van der Waals surface area contributed by atoms with Crippen LogP contribution in [0.15, 0.2) is 18.2 Å². The molecule has 3 aliphatic rings. The van der Waals surface area contributed by atoms with Gasteiger partial charge in [0.15, 0.2) is 0 Å². The van der Waals surface area contributed by atoms with E-state index in [0.717, 1.165) is 42.3 Å². The summed E-state index contributed by atoms with van der Waals surface area (Å²) >= 11 is 0. The summed E-state index contributed by atoms with van der Waals surface area (Å²) in [6.07, 6.45) is 4.53. The smallest absolute Gasteiger partial charge is 0.137 e. The van der Waals surface area contributed by atoms with E-state index in [1.54, 1.807) is 7.11 Å². The highest BCUT2D eigenvalue weighted by atomic mass is 16.5. The number of ketones is 1. The molecule has 0 spiro atoms. The summed E-state index contributed by atoms with van der Waals surface area (Å²) in [6, 6.07) is 5.98. The van der Waals surface area contributed by atoms with Gasteiger partial charge in [0.25, 0.3) is 0 Å². The number of piperidine rings is 1. The van der Waals surface area contributed by atoms with Gasteiger partial charge in [0, 0.05) is 36.9 Å². The van der Waals surface area contributed by atoms with Crippen LogP contribution < -0.4 is 4.74 Å². The van der Waals surface area contributed by atoms with Crippen LogP contribution in [0.3, 0.4) is 0 Å². The van der Waals surface area contributed by atoms with Crippen LogP contribution >= 0.6 is 0 Å². The molecule has 1 aromatic carbocycles. The fourth-order valence-electron chi connectivity index (χ4n) is 5.99. The topological polar surface area (TPSA) is 70.0 Å². The molecule has 2 saturated carbocycles. The number of likely N-dealkylation sites (tertiary alicyclic amines) is 1. The van der Waals surface area contributed by atoms with Crippen molar-refractivity contribution in [2.24, 2.45) is 11.8 Å². The molecule has 1 aliphatic heterocycles. The Morgan fingerprint density at radius 1 is 1.31 bits per heavy atom. The van der Waals surface area contributed by atoms with E-state index in [0.29, 0.717) is 19.3 Å². The maximum Gasteiger partial charge on any atom is 0.137 e. The minimum atomic E-state index is -1.01. The van der Waals surface area contributed by atoms with Gasteiger partial charge in [-0.25, -0.2) is 0 Å². The number of aryl methyl sites for hydroxylation is 1. The lowest BCUT2D eigenvalue weighted by Gasteiger charge is -2.61. The number of hydrogen-bond donors (Lipinski definition) is 2. The lowest BCUT2D eigenvalue weighted by atomic mass is 9.51. The second kappa shape index (κ2) is 7.68. The molecule has 1 saturated heterocycles. The lowest BCUT2D eigenvalue weighted by Crippen LogP contribution is -2.71. The van der Waals surface area contributed by atoms with Crippen LogP contribution in [-0.2, 0) is 10.2 Å². The molecule has 4 rings (SSSR count). The summed E-state index contributed by atoms with van der Waals surface area (Å²) in [7, 11) is 1.66. The number of carbonyl (C=O) groups is 1. The minimum absolute atomic E-state index is 0.0160. The van der Waals surface area contributed by atoms with Gasteiger partial charge in [-0.05, 0) is 81.7 Å². The van der Waals surface area contributed by atoms with Crippen LogP contribution in [0.25, 0.3) is 0 Å². The van der Waals surface area contributed by atoms with Crippen molar-refractivity contribution in [1.82, 2.24) is 4.90 Å². The molecule has 4 unspecified atom stereocenters. The number of rotatable bonds is 6. The number of aliphatic hydroxyl groups is 2. The second-order valence-electron chi connectivity index (χ2n) is 9.61. The molecule has 29 heavy (non-hydrogen) atoms. The number of benzene rings is 1. The second-order valence-corrected chi connectivity index (χ2v) is 9.61. The number of hydrogen-bond acceptors (Lipinski definition) is 5. The first-order valence-corrected chi connectivity index (χ1v) is 11.1. The predicted octanol–water partition coefficient (Wildman–Crippen LogP) is 2.84. The summed E-state index contributed by atoms with van der Waals surface area (Å²) in [5, 5.41) is 21.8. The van der Waals surface area contributed by atoms with E-state index < -0.39 is 11.0 Å². The monoisotopic (exact) mass is 401 g/mol. The molecule has 3 fully saturated rings. The molecule has 160 valence electrons. The highest BCUT2D eigenvalue weighted by Crippen LogP contribution is 2.56. The number of ether oxygens (including phenoxy) is 1. The number of methoxy groups -OCH3 is 1. The number of nitrogens with zero attached hydrogens (tertiary/aromatic N) is 1. The zero-order valence-corrected chi connectivity index (χ0v) is 18.0. The van der Waals surface area contributed by atoms with Gasteiger partial charge in [-0.15, -0.1) is 0 Å². The van der Waals surface area contributed by atoms with E-state index in [2.05, 4.69) is 18.7 Å². The molecule has 2 aliphatic carbocycles. The Morgan fingerprint density at radius 3 is 2.72 bits per heavy atom. The van der Waals surface area contributed by atoms with Crippen molar-refractivity contribution in [3.05, 3.63) is 29.3 Å². The van der Waals surface area contributed by atoms with Crippen LogP contribution in [0.2, 0.25) is 0 Å². The van der Waals surface area contributed by atoms with E-state index in [-0.39, 0.29) is 24.3 Å². The largest absolute Gasteiger partial charge is 0.497 e. The fraction of sp³-hybridized carbons (Fsp3) is 0.708. The molecule has 2 N–H and O–H groups in total. The third-order valence-electron chi connectivity index (χ3n) is 8.01. The Hall–Kier alpha value is -1.43. The number of fused-ring (bicyclic) bond motifs is 1. The number of carbonyl (C=O) groups excluding carboxylic acids is 1. The van der Waals surface area contributed by atoms with Crippen LogP contribution in [0.5, 0.6) is 5.75 Å². The molecular formula is C24H35NO4. The highest BCUT2D eigenvalue weighted by Gasteiger charge is 2.63. The Morgan fingerprint density at radius 2 is 2.07 bits per heavy atom. The molecule has 0 amide bonds. The van der Waals surface area contributed by atoms with Gasteiger partial charge in [0.1, 0.15) is 11.5 Å². The van der Waals surface area contributed by atoms with Crippen LogP contribution in [0.4, 0.5) is 0 Å². The standard InChI is InChI=1S/C24H35NO4/c1-16-4-7-20(29-3)12-21(16)23-9-10-25(15-18-5-6-18)17(2)24(23,28)13-19(8-11-26)22(27)14-23/h4,7,12,17-19,26,28H,5-6,8-11,13-15H2,1-3H3. The Labute approximate surface area is 174 Å². The molecule has 0 bridgehead atoms. The average Bonchev–Trinajstić information content (AvgIpc) is 3.52. The zero-order chi connectivity index (χ0) is 20.8. The zero-order valence-electron chi connectivity index (χ0n) is 18.0. The summed E-state index contributed by atoms with van der Waals surface area (Å²) in [5.74, 6) is 1.42. The van der Waals surface area contributed by atoms with Crippen LogP contribution in [0, 0.1) is 18.8 Å². The molecule has 5 heteroatoms. The summed E-state index contributed by atoms with van der Waals surface area (Å²) in [5.41, 5.74) is 0.535. The number of aliphatic hydroxyl groups excluding tert-OH is 1. The quantitative estimate of drug-likeness (QED) is 0.767. The molecule has 5 nitrogen and oxygen atoms in total. The van der Waals surface area contributed by atoms with Crippen molar-refractivity contribution >= 4 is 5.78 Å². The third kappa shape index (κ3) is 3.41. The summed E-state index contributed by atoms with van der Waals surface area (Å²) < 4.78 is 5.50. The van der Waals surface area contributed by atoms with E-state index in [4.69, 9.17) is 4.74 Å². The molecule has 0 radical (unpaired) electrons. The first kappa shape index (κ1) is 20.8. The summed E-state index contributed by atoms with van der Waals surface area (Å²) in [6.45, 7) is 6.12. The van der Waals surface area contributed by atoms with Gasteiger partial charge in [0.05, 0.1) is 12.7 Å². The fourth-order valence-corrected chi connectivity index (χ4v) is 5.99. The average molecular weight is 402 g/mol. The van der Waals surface area contributed by atoms with Crippen molar-refractivity contribution < 1.29 is 19.7 Å². The minimum Gasteiger partial charge on any atom is -0.497 e. The number of Topliss-reactive ketones (excluding diaryl/α,β-unsaturated/α-hetero) is 1. The Bertz CT molecular complexity index is 776. The highest BCUT2D eigenvalue weighted by molar-refractivity contribution is 5.84. The van der Waals surface area contributed by atoms with Gasteiger partial charge in [-0.2, -0.15) is 0 Å². The Kier molecular flexibility index (Phi) is 5.51. The van der Waals surface area contributed by atoms with Gasteiger partial charge in [-0.1, -0.05) is 6.07 Å². The van der Waals surface area contributed by atoms with Crippen molar-refractivity contribution in [1.29, 1.82) is 0 Å². The summed E-state index contributed by atoms with van der Waals surface area (Å²) in [4.78, 5) is 15.6. The molecular weight excluding hydrogens is 366 g/mol. The third-order valence-corrected chi connectivity index (χ3v) is 8.01. The van der Waals surface area contributed by atoms with Crippen LogP contribution in [0.1, 0.15) is 56.6 Å².